The number of hydrogen-bond donors (Lipinski definition) is 1. The molecule has 0 aliphatic carbocycles. The number of ether oxygens (including phenoxy) is 1. The molecule has 124 valence electrons. The minimum Gasteiger partial charge on any atom is -0.491 e. The van der Waals surface area contributed by atoms with Gasteiger partial charge in [-0.15, -0.1) is 0 Å². The summed E-state index contributed by atoms with van der Waals surface area (Å²) in [5.74, 6) is 1.82. The molecule has 0 saturated carbocycles. The Morgan fingerprint density at radius 1 is 0.875 bits per heavy atom. The smallest absolute Gasteiger partial charge is 0.119 e. The van der Waals surface area contributed by atoms with Crippen LogP contribution in [0.4, 0.5) is 0 Å². The molecule has 0 unspecified atom stereocenters. The Morgan fingerprint density at radius 3 is 2.21 bits per heavy atom. The van der Waals surface area contributed by atoms with Gasteiger partial charge in [-0.05, 0) is 49.2 Å². The van der Waals surface area contributed by atoms with Crippen LogP contribution in [0.5, 0.6) is 5.75 Å². The van der Waals surface area contributed by atoms with Gasteiger partial charge in [-0.25, -0.2) is 0 Å². The predicted molar refractivity (Wildman–Crippen MR) is 96.0 cm³/mol. The summed E-state index contributed by atoms with van der Waals surface area (Å²) in [6.45, 7) is 4.74. The third kappa shape index (κ3) is 4.27. The molecule has 2 aromatic carbocycles. The van der Waals surface area contributed by atoms with Crippen molar-refractivity contribution in [2.75, 3.05) is 0 Å². The van der Waals surface area contributed by atoms with Crippen LogP contribution in [-0.2, 0) is 6.54 Å². The number of rotatable bonds is 7. The molecule has 3 heteroatoms. The molecule has 0 aliphatic heterocycles. The van der Waals surface area contributed by atoms with Crippen molar-refractivity contribution in [3.05, 3.63) is 89.9 Å². The highest BCUT2D eigenvalue weighted by molar-refractivity contribution is 5.35. The fourth-order valence-electron chi connectivity index (χ4n) is 2.70. The molecule has 0 spiro atoms. The lowest BCUT2D eigenvalue weighted by molar-refractivity contribution is 0.242. The highest BCUT2D eigenvalue weighted by Gasteiger charge is 2.14. The molecule has 1 atom stereocenters. The van der Waals surface area contributed by atoms with Crippen molar-refractivity contribution in [3.8, 4) is 5.75 Å². The van der Waals surface area contributed by atoms with Crippen molar-refractivity contribution in [1.29, 1.82) is 0 Å². The second-order valence-electron chi connectivity index (χ2n) is 6.04. The number of furan rings is 1. The van der Waals surface area contributed by atoms with Crippen molar-refractivity contribution in [2.24, 2.45) is 0 Å². The van der Waals surface area contributed by atoms with Crippen molar-refractivity contribution < 1.29 is 9.15 Å². The first-order valence-electron chi connectivity index (χ1n) is 8.29. The molecule has 1 N–H and O–H groups in total. The van der Waals surface area contributed by atoms with Gasteiger partial charge in [-0.3, -0.25) is 5.32 Å². The van der Waals surface area contributed by atoms with Crippen molar-refractivity contribution in [3.63, 3.8) is 0 Å². The number of benzene rings is 2. The quantitative estimate of drug-likeness (QED) is 0.669. The fourth-order valence-corrected chi connectivity index (χ4v) is 2.70. The summed E-state index contributed by atoms with van der Waals surface area (Å²) < 4.78 is 11.2. The van der Waals surface area contributed by atoms with Crippen molar-refractivity contribution >= 4 is 0 Å². The van der Waals surface area contributed by atoms with Crippen LogP contribution in [0, 0.1) is 0 Å². The summed E-state index contributed by atoms with van der Waals surface area (Å²) >= 11 is 0. The fraction of sp³-hybridized carbons (Fsp3) is 0.238. The number of nitrogens with one attached hydrogen (secondary N) is 1. The standard InChI is InChI=1S/C21H23NO2/c1-16(2)24-19-12-10-18(11-13-19)21(17-7-4-3-5-8-17)22-15-20-9-6-14-23-20/h3-14,16,21-22H,15H2,1-2H3/t21-/m1/s1. The first-order chi connectivity index (χ1) is 11.7. The average Bonchev–Trinajstić information content (AvgIpc) is 3.10. The minimum absolute atomic E-state index is 0.101. The topological polar surface area (TPSA) is 34.4 Å². The summed E-state index contributed by atoms with van der Waals surface area (Å²) in [7, 11) is 0. The van der Waals surface area contributed by atoms with Crippen LogP contribution in [0.1, 0.15) is 36.8 Å². The molecule has 1 aromatic heterocycles. The maximum absolute atomic E-state index is 5.74. The van der Waals surface area contributed by atoms with Crippen LogP contribution in [0.15, 0.2) is 77.4 Å². The molecule has 0 radical (unpaired) electrons. The van der Waals surface area contributed by atoms with E-state index >= 15 is 0 Å². The van der Waals surface area contributed by atoms with Crippen molar-refractivity contribution in [2.45, 2.75) is 32.5 Å². The average molecular weight is 321 g/mol. The van der Waals surface area contributed by atoms with Crippen LogP contribution < -0.4 is 10.1 Å². The van der Waals surface area contributed by atoms with Gasteiger partial charge < -0.3 is 9.15 Å². The maximum Gasteiger partial charge on any atom is 0.119 e. The van der Waals surface area contributed by atoms with E-state index in [9.17, 15) is 0 Å². The Hall–Kier alpha value is -2.52. The molecule has 24 heavy (non-hydrogen) atoms. The Balaban J connectivity index is 1.81. The van der Waals surface area contributed by atoms with Gasteiger partial charge in [0.2, 0.25) is 0 Å². The van der Waals surface area contributed by atoms with E-state index in [1.165, 1.54) is 11.1 Å². The molecular formula is C21H23NO2. The van der Waals surface area contributed by atoms with Crippen LogP contribution >= 0.6 is 0 Å². The van der Waals surface area contributed by atoms with Gasteiger partial charge >= 0.3 is 0 Å². The summed E-state index contributed by atoms with van der Waals surface area (Å²) in [6.07, 6.45) is 1.88. The zero-order chi connectivity index (χ0) is 16.8. The van der Waals surface area contributed by atoms with Gasteiger partial charge in [0.25, 0.3) is 0 Å². The second-order valence-corrected chi connectivity index (χ2v) is 6.04. The molecule has 3 nitrogen and oxygen atoms in total. The molecule has 3 aromatic rings. The molecule has 0 bridgehead atoms. The van der Waals surface area contributed by atoms with Gasteiger partial charge in [0.15, 0.2) is 0 Å². The highest BCUT2D eigenvalue weighted by atomic mass is 16.5. The van der Waals surface area contributed by atoms with Crippen LogP contribution in [-0.4, -0.2) is 6.10 Å². The molecule has 0 aliphatic rings. The maximum atomic E-state index is 5.74. The van der Waals surface area contributed by atoms with Gasteiger partial charge in [-0.1, -0.05) is 42.5 Å². The van der Waals surface area contributed by atoms with Gasteiger partial charge in [0.1, 0.15) is 11.5 Å². The van der Waals surface area contributed by atoms with Gasteiger partial charge in [-0.2, -0.15) is 0 Å². The van der Waals surface area contributed by atoms with E-state index in [1.807, 2.05) is 44.2 Å². The molecule has 0 fully saturated rings. The van der Waals surface area contributed by atoms with E-state index < -0.39 is 0 Å². The lowest BCUT2D eigenvalue weighted by Crippen LogP contribution is -2.21. The first kappa shape index (κ1) is 16.3. The molecular weight excluding hydrogens is 298 g/mol. The summed E-state index contributed by atoms with van der Waals surface area (Å²) in [5.41, 5.74) is 2.42. The van der Waals surface area contributed by atoms with E-state index in [2.05, 4.69) is 41.7 Å². The molecule has 1 heterocycles. The zero-order valence-corrected chi connectivity index (χ0v) is 14.1. The van der Waals surface area contributed by atoms with Crippen LogP contribution in [0.25, 0.3) is 0 Å². The summed E-state index contributed by atoms with van der Waals surface area (Å²) in [6, 6.07) is 22.7. The normalized spacial score (nSPS) is 12.3. The third-order valence-electron chi connectivity index (χ3n) is 3.78. The molecule has 3 rings (SSSR count). The van der Waals surface area contributed by atoms with Gasteiger partial charge in [0, 0.05) is 0 Å². The number of hydrogen-bond acceptors (Lipinski definition) is 3. The van der Waals surface area contributed by atoms with E-state index in [4.69, 9.17) is 9.15 Å². The second kappa shape index (κ2) is 7.84. The molecule has 0 amide bonds. The van der Waals surface area contributed by atoms with Gasteiger partial charge in [0.05, 0.1) is 25.0 Å². The van der Waals surface area contributed by atoms with E-state index in [0.717, 1.165) is 11.5 Å². The van der Waals surface area contributed by atoms with Crippen LogP contribution in [0.3, 0.4) is 0 Å². The van der Waals surface area contributed by atoms with Crippen LogP contribution in [0.2, 0.25) is 0 Å². The highest BCUT2D eigenvalue weighted by Crippen LogP contribution is 2.25. The minimum atomic E-state index is 0.101. The Morgan fingerprint density at radius 2 is 1.58 bits per heavy atom. The van der Waals surface area contributed by atoms with E-state index in [1.54, 1.807) is 6.26 Å². The SMILES string of the molecule is CC(C)Oc1ccc([C@H](NCc2ccco2)c2ccccc2)cc1. The lowest BCUT2D eigenvalue weighted by atomic mass is 9.98. The van der Waals surface area contributed by atoms with Crippen molar-refractivity contribution in [1.82, 2.24) is 5.32 Å². The Kier molecular flexibility index (Phi) is 5.34. The summed E-state index contributed by atoms with van der Waals surface area (Å²) in [5, 5.41) is 3.58. The first-order valence-corrected chi connectivity index (χ1v) is 8.29. The monoisotopic (exact) mass is 321 g/mol. The lowest BCUT2D eigenvalue weighted by Gasteiger charge is -2.20. The van der Waals surface area contributed by atoms with E-state index in [0.29, 0.717) is 6.54 Å². The largest absolute Gasteiger partial charge is 0.491 e. The third-order valence-corrected chi connectivity index (χ3v) is 3.78. The Labute approximate surface area is 143 Å². The molecule has 0 saturated heterocycles. The zero-order valence-electron chi connectivity index (χ0n) is 14.1. The summed E-state index contributed by atoms with van der Waals surface area (Å²) in [4.78, 5) is 0. The Bertz CT molecular complexity index is 718. The van der Waals surface area contributed by atoms with E-state index in [-0.39, 0.29) is 12.1 Å². The predicted octanol–water partition coefficient (Wildman–Crippen LogP) is 4.95.